The minimum Gasteiger partial charge on any atom is -0.311 e. The molecule has 1 unspecified atom stereocenters. The first-order chi connectivity index (χ1) is 30.4. The number of rotatable bonds is 2. The highest BCUT2D eigenvalue weighted by Crippen LogP contribution is 2.62. The van der Waals surface area contributed by atoms with Crippen LogP contribution in [0.3, 0.4) is 0 Å². The van der Waals surface area contributed by atoms with Gasteiger partial charge in [0.05, 0.1) is 17.1 Å². The average Bonchev–Trinajstić information content (AvgIpc) is 3.62. The van der Waals surface area contributed by atoms with Gasteiger partial charge in [0.25, 0.3) is 6.71 Å². The molecule has 3 aliphatic heterocycles. The van der Waals surface area contributed by atoms with Gasteiger partial charge in [-0.2, -0.15) is 0 Å². The highest BCUT2D eigenvalue weighted by atomic mass is 32.1. The average molecular weight is 871 g/mol. The van der Waals surface area contributed by atoms with Crippen molar-refractivity contribution in [3.63, 3.8) is 0 Å². The molecule has 0 N–H and O–H groups in total. The van der Waals surface area contributed by atoms with Crippen molar-refractivity contribution in [3.05, 3.63) is 148 Å². The minimum absolute atomic E-state index is 0.00204. The number of thiophene rings is 1. The summed E-state index contributed by atoms with van der Waals surface area (Å²) in [7, 11) is 0. The Hall–Kier alpha value is -5.06. The molecule has 0 fully saturated rings. The van der Waals surface area contributed by atoms with E-state index in [1.54, 1.807) is 5.56 Å². The third-order valence-electron chi connectivity index (χ3n) is 16.0. The summed E-state index contributed by atoms with van der Waals surface area (Å²) in [6.45, 7) is 36.1. The van der Waals surface area contributed by atoms with Crippen LogP contribution in [0.2, 0.25) is 0 Å². The first kappa shape index (κ1) is 42.6. The molecule has 7 aromatic rings. The van der Waals surface area contributed by atoms with E-state index in [1.165, 1.54) is 104 Å². The Morgan fingerprint density at radius 3 is 1.71 bits per heavy atom. The van der Waals surface area contributed by atoms with Gasteiger partial charge in [-0.05, 0) is 138 Å². The van der Waals surface area contributed by atoms with Gasteiger partial charge < -0.3 is 9.80 Å². The van der Waals surface area contributed by atoms with Gasteiger partial charge >= 0.3 is 0 Å². The van der Waals surface area contributed by atoms with E-state index in [0.29, 0.717) is 0 Å². The molecule has 1 atom stereocenters. The standard InChI is InChI=1S/C61H67BN2S/c1-56(2,3)37-21-26-46(41(31-37)36-19-17-16-18-20-36)63-48-34-40(59(10,11)12)35-49-52(48)62(55-53(63)42-32-38(57(4,5)6)23-28-50(42)65-55)45-25-24-43-51-54(45)64(49)47-27-22-39(58(7,8)9)33-44(47)61(51,15)30-29-60(43,13)14/h16-28,31-35H,29-30H2,1-15H3. The number of benzene rings is 6. The van der Waals surface area contributed by atoms with Crippen LogP contribution in [0.1, 0.15) is 156 Å². The summed E-state index contributed by atoms with van der Waals surface area (Å²) in [6.07, 6.45) is 2.29. The topological polar surface area (TPSA) is 6.48 Å². The third-order valence-corrected chi connectivity index (χ3v) is 17.2. The van der Waals surface area contributed by atoms with Crippen molar-refractivity contribution in [1.29, 1.82) is 0 Å². The Bertz CT molecular complexity index is 3140. The summed E-state index contributed by atoms with van der Waals surface area (Å²) < 4.78 is 2.80. The van der Waals surface area contributed by atoms with Crippen LogP contribution in [0.4, 0.5) is 34.1 Å². The maximum Gasteiger partial charge on any atom is 0.264 e. The lowest BCUT2D eigenvalue weighted by atomic mass is 9.35. The van der Waals surface area contributed by atoms with E-state index in [4.69, 9.17) is 0 Å². The monoisotopic (exact) mass is 871 g/mol. The molecule has 1 aromatic heterocycles. The Morgan fingerprint density at radius 1 is 0.508 bits per heavy atom. The smallest absolute Gasteiger partial charge is 0.264 e. The van der Waals surface area contributed by atoms with E-state index >= 15 is 0 Å². The molecule has 1 aliphatic carbocycles. The SMILES string of the molecule is CC(C)(C)c1ccc(N2c3cc(C(C)(C)C)cc4c3B(c3ccc5c6c3N4c3ccc(C(C)(C)C)cc3C6(C)CCC5(C)C)c3sc4ccc(C(C)(C)C)cc4c32)c(-c2ccccc2)c1. The fraction of sp³-hybridized carbons (Fsp3) is 0.377. The molecule has 65 heavy (non-hydrogen) atoms. The van der Waals surface area contributed by atoms with E-state index in [-0.39, 0.29) is 39.2 Å². The second kappa shape index (κ2) is 13.5. The number of anilines is 6. The second-order valence-electron chi connectivity index (χ2n) is 25.0. The summed E-state index contributed by atoms with van der Waals surface area (Å²) in [6, 6.07) is 43.7. The van der Waals surface area contributed by atoms with Crippen LogP contribution in [-0.4, -0.2) is 6.71 Å². The number of hydrogen-bond donors (Lipinski definition) is 0. The van der Waals surface area contributed by atoms with Gasteiger partial charge in [0.1, 0.15) is 0 Å². The maximum atomic E-state index is 2.76. The van der Waals surface area contributed by atoms with E-state index in [9.17, 15) is 0 Å². The number of fused-ring (bicyclic) bond motifs is 9. The molecule has 0 bridgehead atoms. The lowest BCUT2D eigenvalue weighted by Gasteiger charge is -2.54. The molecule has 0 saturated carbocycles. The fourth-order valence-corrected chi connectivity index (χ4v) is 13.2. The molecule has 4 heteroatoms. The molecule has 0 radical (unpaired) electrons. The van der Waals surface area contributed by atoms with Crippen molar-refractivity contribution in [2.75, 3.05) is 9.80 Å². The maximum absolute atomic E-state index is 2.76. The summed E-state index contributed by atoms with van der Waals surface area (Å²) in [4.78, 5) is 5.49. The van der Waals surface area contributed by atoms with E-state index in [0.717, 1.165) is 12.8 Å². The Labute approximate surface area is 394 Å². The highest BCUT2D eigenvalue weighted by molar-refractivity contribution is 7.33. The molecule has 11 rings (SSSR count). The minimum atomic E-state index is -0.115. The van der Waals surface area contributed by atoms with Crippen LogP contribution < -0.4 is 25.5 Å². The van der Waals surface area contributed by atoms with Gasteiger partial charge in [0.2, 0.25) is 0 Å². The Balaban J connectivity index is 1.32. The molecular formula is C61H67BN2S. The molecule has 6 aromatic carbocycles. The molecule has 0 saturated heterocycles. The van der Waals surface area contributed by atoms with Crippen LogP contribution in [-0.2, 0) is 32.5 Å². The van der Waals surface area contributed by atoms with Gasteiger partial charge in [-0.3, -0.25) is 0 Å². The van der Waals surface area contributed by atoms with Gasteiger partial charge in [0.15, 0.2) is 0 Å². The van der Waals surface area contributed by atoms with Crippen molar-refractivity contribution >= 4 is 78.0 Å². The zero-order valence-corrected chi connectivity index (χ0v) is 42.5. The molecular weight excluding hydrogens is 804 g/mol. The van der Waals surface area contributed by atoms with Crippen molar-refractivity contribution in [2.45, 2.75) is 149 Å². The summed E-state index contributed by atoms with van der Waals surface area (Å²) >= 11 is 2.03. The van der Waals surface area contributed by atoms with Crippen LogP contribution in [0.15, 0.2) is 109 Å². The lowest BCUT2D eigenvalue weighted by molar-refractivity contribution is 0.348. The van der Waals surface area contributed by atoms with Crippen LogP contribution in [0.5, 0.6) is 0 Å². The fourth-order valence-electron chi connectivity index (χ4n) is 11.9. The van der Waals surface area contributed by atoms with Crippen molar-refractivity contribution in [2.24, 2.45) is 0 Å². The van der Waals surface area contributed by atoms with Gasteiger partial charge in [0, 0.05) is 42.9 Å². The normalized spacial score (nSPS) is 18.4. The van der Waals surface area contributed by atoms with Crippen LogP contribution >= 0.6 is 11.3 Å². The van der Waals surface area contributed by atoms with Gasteiger partial charge in [-0.1, -0.05) is 171 Å². The first-order valence-corrected chi connectivity index (χ1v) is 25.1. The van der Waals surface area contributed by atoms with E-state index < -0.39 is 0 Å². The first-order valence-electron chi connectivity index (χ1n) is 24.3. The largest absolute Gasteiger partial charge is 0.311 e. The summed E-state index contributed by atoms with van der Waals surface area (Å²) in [5, 5.41) is 1.35. The third kappa shape index (κ3) is 6.17. The van der Waals surface area contributed by atoms with Gasteiger partial charge in [-0.25, -0.2) is 0 Å². The molecule has 2 nitrogen and oxygen atoms in total. The number of hydrogen-bond acceptors (Lipinski definition) is 3. The van der Waals surface area contributed by atoms with Crippen molar-refractivity contribution < 1.29 is 0 Å². The summed E-state index contributed by atoms with van der Waals surface area (Å²) in [5.74, 6) is 0. The zero-order chi connectivity index (χ0) is 46.1. The predicted molar refractivity (Wildman–Crippen MR) is 285 cm³/mol. The van der Waals surface area contributed by atoms with Crippen LogP contribution in [0, 0.1) is 0 Å². The van der Waals surface area contributed by atoms with Crippen molar-refractivity contribution in [3.8, 4) is 11.1 Å². The van der Waals surface area contributed by atoms with Gasteiger partial charge in [-0.15, -0.1) is 11.3 Å². The second-order valence-corrected chi connectivity index (χ2v) is 26.1. The molecule has 0 amide bonds. The quantitative estimate of drug-likeness (QED) is 0.160. The molecule has 330 valence electrons. The zero-order valence-electron chi connectivity index (χ0n) is 41.7. The Morgan fingerprint density at radius 2 is 1.08 bits per heavy atom. The summed E-state index contributed by atoms with van der Waals surface area (Å²) in [5.41, 5.74) is 23.3. The van der Waals surface area contributed by atoms with Crippen LogP contribution in [0.25, 0.3) is 21.2 Å². The predicted octanol–water partition coefficient (Wildman–Crippen LogP) is 15.5. The lowest BCUT2D eigenvalue weighted by Crippen LogP contribution is -2.62. The van der Waals surface area contributed by atoms with E-state index in [1.807, 2.05) is 11.3 Å². The van der Waals surface area contributed by atoms with Crippen molar-refractivity contribution in [1.82, 2.24) is 0 Å². The molecule has 0 spiro atoms. The molecule has 4 aliphatic rings. The highest BCUT2D eigenvalue weighted by Gasteiger charge is 2.54. The Kier molecular flexibility index (Phi) is 8.86. The van der Waals surface area contributed by atoms with E-state index in [2.05, 4.69) is 223 Å². The number of nitrogens with zero attached hydrogens (tertiary/aromatic N) is 2. The molecule has 4 heterocycles.